The molecule has 2 aromatic rings. The van der Waals surface area contributed by atoms with Gasteiger partial charge in [-0.05, 0) is 38.1 Å². The third-order valence-electron chi connectivity index (χ3n) is 2.95. The Labute approximate surface area is 136 Å². The fourth-order valence-electron chi connectivity index (χ4n) is 1.63. The average Bonchev–Trinajstić information content (AvgIpc) is 2.56. The van der Waals surface area contributed by atoms with Crippen LogP contribution >= 0.6 is 11.8 Å². The van der Waals surface area contributed by atoms with E-state index in [1.54, 1.807) is 31.2 Å². The number of hydrogen-bond acceptors (Lipinski definition) is 7. The van der Waals surface area contributed by atoms with Gasteiger partial charge < -0.3 is 11.2 Å². The van der Waals surface area contributed by atoms with Crippen LogP contribution in [0, 0.1) is 18.3 Å². The Balaban J connectivity index is 2.07. The van der Waals surface area contributed by atoms with Crippen molar-refractivity contribution in [3.63, 3.8) is 0 Å². The largest absolute Gasteiger partial charge is 0.334 e. The van der Waals surface area contributed by atoms with E-state index in [4.69, 9.17) is 11.1 Å². The molecule has 2 rings (SSSR count). The van der Waals surface area contributed by atoms with E-state index in [9.17, 15) is 9.59 Å². The van der Waals surface area contributed by atoms with Crippen LogP contribution in [-0.2, 0) is 4.79 Å². The molecule has 1 atom stereocenters. The van der Waals surface area contributed by atoms with Crippen molar-refractivity contribution in [1.82, 2.24) is 14.9 Å². The van der Waals surface area contributed by atoms with Crippen molar-refractivity contribution in [3.8, 4) is 6.07 Å². The first-order chi connectivity index (χ1) is 10.9. The van der Waals surface area contributed by atoms with Crippen LogP contribution in [0.3, 0.4) is 0 Å². The third-order valence-corrected chi connectivity index (χ3v) is 4.01. The van der Waals surface area contributed by atoms with Crippen molar-refractivity contribution in [3.05, 3.63) is 45.9 Å². The van der Waals surface area contributed by atoms with Gasteiger partial charge in [0.25, 0.3) is 5.56 Å². The molecule has 0 spiro atoms. The number of nitrogen functional groups attached to an aromatic ring is 1. The van der Waals surface area contributed by atoms with Crippen molar-refractivity contribution in [1.29, 1.82) is 5.26 Å². The van der Waals surface area contributed by atoms with Gasteiger partial charge in [0.15, 0.2) is 0 Å². The summed E-state index contributed by atoms with van der Waals surface area (Å²) in [5.41, 5.74) is 0.808. The quantitative estimate of drug-likeness (QED) is 0.622. The summed E-state index contributed by atoms with van der Waals surface area (Å²) in [5, 5.41) is 18.6. The van der Waals surface area contributed by atoms with Gasteiger partial charge in [0.1, 0.15) is 5.69 Å². The standard InChI is InChI=1S/C14H14N6O2S/c1-8-13(22)20(16)14(19-18-8)23-9(2)12(21)17-11-5-3-10(7-15)4-6-11/h3-6,9H,16H2,1-2H3,(H,17,21)/t9-/m0/s1. The first kappa shape index (κ1) is 16.5. The number of carbonyl (C=O) groups is 1. The summed E-state index contributed by atoms with van der Waals surface area (Å²) >= 11 is 1.03. The molecule has 23 heavy (non-hydrogen) atoms. The van der Waals surface area contributed by atoms with E-state index in [-0.39, 0.29) is 16.8 Å². The number of anilines is 1. The summed E-state index contributed by atoms with van der Waals surface area (Å²) in [6.45, 7) is 3.17. The minimum atomic E-state index is -0.545. The number of aromatic nitrogens is 3. The SMILES string of the molecule is Cc1nnc(S[C@@H](C)C(=O)Nc2ccc(C#N)cc2)n(N)c1=O. The molecule has 3 N–H and O–H groups in total. The molecule has 0 aliphatic rings. The second kappa shape index (κ2) is 6.93. The highest BCUT2D eigenvalue weighted by atomic mass is 32.2. The maximum atomic E-state index is 12.2. The lowest BCUT2D eigenvalue weighted by Crippen LogP contribution is -2.33. The average molecular weight is 330 g/mol. The number of nitrogens with one attached hydrogen (secondary N) is 1. The van der Waals surface area contributed by atoms with E-state index in [0.29, 0.717) is 11.3 Å². The lowest BCUT2D eigenvalue weighted by atomic mass is 10.2. The molecule has 0 bridgehead atoms. The Morgan fingerprint density at radius 2 is 2.04 bits per heavy atom. The number of rotatable bonds is 4. The fourth-order valence-corrected chi connectivity index (χ4v) is 2.40. The lowest BCUT2D eigenvalue weighted by molar-refractivity contribution is -0.115. The van der Waals surface area contributed by atoms with E-state index in [1.165, 1.54) is 6.92 Å². The molecule has 0 aliphatic heterocycles. The van der Waals surface area contributed by atoms with Crippen molar-refractivity contribution < 1.29 is 4.79 Å². The van der Waals surface area contributed by atoms with Crippen LogP contribution in [0.4, 0.5) is 5.69 Å². The number of amides is 1. The predicted octanol–water partition coefficient (Wildman–Crippen LogP) is 0.651. The highest BCUT2D eigenvalue weighted by Crippen LogP contribution is 2.20. The van der Waals surface area contributed by atoms with Gasteiger partial charge in [0, 0.05) is 5.69 Å². The maximum Gasteiger partial charge on any atom is 0.294 e. The second-order valence-electron chi connectivity index (χ2n) is 4.68. The topological polar surface area (TPSA) is 127 Å². The molecule has 0 unspecified atom stereocenters. The zero-order valence-corrected chi connectivity index (χ0v) is 13.3. The molecule has 0 radical (unpaired) electrons. The summed E-state index contributed by atoms with van der Waals surface area (Å²) in [6.07, 6.45) is 0. The molecule has 1 amide bonds. The van der Waals surface area contributed by atoms with Gasteiger partial charge >= 0.3 is 0 Å². The molecular weight excluding hydrogens is 316 g/mol. The summed E-state index contributed by atoms with van der Waals surface area (Å²) in [5.74, 6) is 5.35. The maximum absolute atomic E-state index is 12.2. The van der Waals surface area contributed by atoms with Gasteiger partial charge in [0.05, 0.1) is 16.9 Å². The second-order valence-corrected chi connectivity index (χ2v) is 5.99. The molecule has 0 saturated carbocycles. The fraction of sp³-hybridized carbons (Fsp3) is 0.214. The third kappa shape index (κ3) is 3.87. The summed E-state index contributed by atoms with van der Waals surface area (Å²) in [4.78, 5) is 23.8. The van der Waals surface area contributed by atoms with Gasteiger partial charge in [-0.1, -0.05) is 11.8 Å². The number of thioether (sulfide) groups is 1. The Hall–Kier alpha value is -2.86. The van der Waals surface area contributed by atoms with Crippen LogP contribution in [-0.4, -0.2) is 26.0 Å². The van der Waals surface area contributed by atoms with Gasteiger partial charge in [-0.2, -0.15) is 9.94 Å². The zero-order valence-electron chi connectivity index (χ0n) is 12.5. The van der Waals surface area contributed by atoms with Gasteiger partial charge in [-0.25, -0.2) is 0 Å². The number of nitrogens with zero attached hydrogens (tertiary/aromatic N) is 4. The van der Waals surface area contributed by atoms with Crippen LogP contribution in [0.1, 0.15) is 18.2 Å². The number of hydrogen-bond donors (Lipinski definition) is 2. The van der Waals surface area contributed by atoms with Crippen LogP contribution in [0.15, 0.2) is 34.2 Å². The Bertz CT molecular complexity index is 825. The summed E-state index contributed by atoms with van der Waals surface area (Å²) in [6, 6.07) is 8.49. The number of nitriles is 1. The first-order valence-corrected chi connectivity index (χ1v) is 7.49. The molecule has 1 heterocycles. The molecule has 1 aromatic heterocycles. The normalized spacial score (nSPS) is 11.5. The van der Waals surface area contributed by atoms with E-state index in [2.05, 4.69) is 15.5 Å². The van der Waals surface area contributed by atoms with Crippen molar-refractivity contribution in [2.24, 2.45) is 0 Å². The van der Waals surface area contributed by atoms with E-state index < -0.39 is 10.8 Å². The van der Waals surface area contributed by atoms with E-state index in [1.807, 2.05) is 6.07 Å². The molecule has 0 aliphatic carbocycles. The molecule has 0 saturated heterocycles. The highest BCUT2D eigenvalue weighted by molar-refractivity contribution is 8.00. The molecule has 0 fully saturated rings. The highest BCUT2D eigenvalue weighted by Gasteiger charge is 2.18. The first-order valence-electron chi connectivity index (χ1n) is 6.61. The lowest BCUT2D eigenvalue weighted by Gasteiger charge is -2.12. The number of nitrogens with two attached hydrogens (primary N) is 1. The van der Waals surface area contributed by atoms with E-state index in [0.717, 1.165) is 16.4 Å². The van der Waals surface area contributed by atoms with Crippen LogP contribution in [0.2, 0.25) is 0 Å². The van der Waals surface area contributed by atoms with E-state index >= 15 is 0 Å². The van der Waals surface area contributed by atoms with Crippen molar-refractivity contribution in [2.45, 2.75) is 24.3 Å². The number of aryl methyl sites for hydroxylation is 1. The minimum Gasteiger partial charge on any atom is -0.334 e. The van der Waals surface area contributed by atoms with Crippen LogP contribution < -0.4 is 16.7 Å². The Morgan fingerprint density at radius 1 is 1.39 bits per heavy atom. The van der Waals surface area contributed by atoms with Gasteiger partial charge in [-0.15, -0.1) is 10.2 Å². The smallest absolute Gasteiger partial charge is 0.294 e. The van der Waals surface area contributed by atoms with Crippen LogP contribution in [0.25, 0.3) is 0 Å². The molecule has 9 heteroatoms. The number of carbonyl (C=O) groups excluding carboxylic acids is 1. The predicted molar refractivity (Wildman–Crippen MR) is 86.3 cm³/mol. The van der Waals surface area contributed by atoms with Gasteiger partial charge in [0.2, 0.25) is 11.1 Å². The zero-order chi connectivity index (χ0) is 17.0. The Morgan fingerprint density at radius 3 is 2.65 bits per heavy atom. The van der Waals surface area contributed by atoms with Crippen molar-refractivity contribution in [2.75, 3.05) is 11.2 Å². The molecular formula is C14H14N6O2S. The van der Waals surface area contributed by atoms with Gasteiger partial charge in [-0.3, -0.25) is 9.59 Å². The Kier molecular flexibility index (Phi) is 4.98. The summed E-state index contributed by atoms with van der Waals surface area (Å²) in [7, 11) is 0. The minimum absolute atomic E-state index is 0.156. The number of benzene rings is 1. The molecule has 8 nitrogen and oxygen atoms in total. The summed E-state index contributed by atoms with van der Waals surface area (Å²) < 4.78 is 0.874. The molecule has 118 valence electrons. The molecule has 1 aromatic carbocycles. The van der Waals surface area contributed by atoms with Crippen LogP contribution in [0.5, 0.6) is 0 Å². The monoisotopic (exact) mass is 330 g/mol. The van der Waals surface area contributed by atoms with Crippen molar-refractivity contribution >= 4 is 23.4 Å².